The van der Waals surface area contributed by atoms with Gasteiger partial charge in [0.05, 0.1) is 11.4 Å². The standard InChI is InChI=1S/C19H23N5O/c1-12(2)24-18(25)14-8-6-5-7-13(14)16(22-24)17-21-20-15-9-10-19(3,4)11-23(15)17/h5-8,12H,9-11H2,1-4H3. The molecule has 0 aliphatic carbocycles. The van der Waals surface area contributed by atoms with Crippen molar-refractivity contribution >= 4 is 10.8 Å². The second kappa shape index (κ2) is 5.51. The molecular formula is C19H23N5O. The lowest BCUT2D eigenvalue weighted by molar-refractivity contribution is 0.248. The number of hydrogen-bond donors (Lipinski definition) is 0. The molecule has 1 aromatic carbocycles. The first-order valence-electron chi connectivity index (χ1n) is 8.81. The van der Waals surface area contributed by atoms with Gasteiger partial charge in [-0.2, -0.15) is 5.10 Å². The summed E-state index contributed by atoms with van der Waals surface area (Å²) in [7, 11) is 0. The van der Waals surface area contributed by atoms with E-state index in [0.29, 0.717) is 5.39 Å². The maximum atomic E-state index is 12.7. The lowest BCUT2D eigenvalue weighted by Gasteiger charge is -2.30. The number of rotatable bonds is 2. The van der Waals surface area contributed by atoms with Crippen LogP contribution in [-0.4, -0.2) is 24.5 Å². The van der Waals surface area contributed by atoms with Crippen LogP contribution < -0.4 is 5.56 Å². The van der Waals surface area contributed by atoms with E-state index in [9.17, 15) is 4.79 Å². The average Bonchev–Trinajstić information content (AvgIpc) is 2.97. The Morgan fingerprint density at radius 1 is 1.12 bits per heavy atom. The quantitative estimate of drug-likeness (QED) is 0.720. The van der Waals surface area contributed by atoms with Crippen molar-refractivity contribution in [1.29, 1.82) is 0 Å². The van der Waals surface area contributed by atoms with Gasteiger partial charge in [0.25, 0.3) is 5.56 Å². The van der Waals surface area contributed by atoms with Gasteiger partial charge >= 0.3 is 0 Å². The maximum Gasteiger partial charge on any atom is 0.274 e. The van der Waals surface area contributed by atoms with Gasteiger partial charge in [0.15, 0.2) is 5.82 Å². The first kappa shape index (κ1) is 16.0. The van der Waals surface area contributed by atoms with Crippen LogP contribution in [0.25, 0.3) is 22.3 Å². The van der Waals surface area contributed by atoms with E-state index in [0.717, 1.165) is 42.1 Å². The zero-order chi connectivity index (χ0) is 17.8. The van der Waals surface area contributed by atoms with Gasteiger partial charge < -0.3 is 4.57 Å². The molecule has 2 aromatic heterocycles. The highest BCUT2D eigenvalue weighted by atomic mass is 16.1. The van der Waals surface area contributed by atoms with Gasteiger partial charge in [0.2, 0.25) is 0 Å². The Morgan fingerprint density at radius 3 is 2.56 bits per heavy atom. The minimum absolute atomic E-state index is 0.0176. The number of hydrogen-bond acceptors (Lipinski definition) is 4. The monoisotopic (exact) mass is 337 g/mol. The molecule has 3 heterocycles. The highest BCUT2D eigenvalue weighted by Gasteiger charge is 2.30. The summed E-state index contributed by atoms with van der Waals surface area (Å²) >= 11 is 0. The van der Waals surface area contributed by atoms with E-state index in [4.69, 9.17) is 0 Å². The third-order valence-corrected chi connectivity index (χ3v) is 4.97. The predicted molar refractivity (Wildman–Crippen MR) is 97.5 cm³/mol. The molecule has 0 amide bonds. The van der Waals surface area contributed by atoms with Crippen molar-refractivity contribution in [3.8, 4) is 11.5 Å². The van der Waals surface area contributed by atoms with Crippen molar-refractivity contribution in [3.63, 3.8) is 0 Å². The normalized spacial score (nSPS) is 16.4. The Labute approximate surface area is 146 Å². The van der Waals surface area contributed by atoms with E-state index in [-0.39, 0.29) is 17.0 Å². The summed E-state index contributed by atoms with van der Waals surface area (Å²) in [6.45, 7) is 9.33. The molecule has 6 heteroatoms. The SMILES string of the molecule is CC(C)n1nc(-c2nnc3n2CC(C)(C)CC3)c2ccccc2c1=O. The zero-order valence-corrected chi connectivity index (χ0v) is 15.2. The lowest BCUT2D eigenvalue weighted by Crippen LogP contribution is -2.29. The Morgan fingerprint density at radius 2 is 1.84 bits per heavy atom. The molecule has 0 saturated heterocycles. The summed E-state index contributed by atoms with van der Waals surface area (Å²) < 4.78 is 3.72. The third kappa shape index (κ3) is 2.56. The average molecular weight is 337 g/mol. The molecular weight excluding hydrogens is 314 g/mol. The molecule has 3 aromatic rings. The van der Waals surface area contributed by atoms with Crippen LogP contribution in [0.15, 0.2) is 29.1 Å². The van der Waals surface area contributed by atoms with Gasteiger partial charge in [-0.15, -0.1) is 10.2 Å². The van der Waals surface area contributed by atoms with Crippen LogP contribution in [0.1, 0.15) is 46.0 Å². The minimum atomic E-state index is -0.0620. The molecule has 130 valence electrons. The van der Waals surface area contributed by atoms with Gasteiger partial charge in [-0.3, -0.25) is 4.79 Å². The summed E-state index contributed by atoms with van der Waals surface area (Å²) in [5.74, 6) is 1.76. The first-order chi connectivity index (χ1) is 11.9. The van der Waals surface area contributed by atoms with Crippen LogP contribution in [0.4, 0.5) is 0 Å². The van der Waals surface area contributed by atoms with Crippen molar-refractivity contribution in [1.82, 2.24) is 24.5 Å². The fraction of sp³-hybridized carbons (Fsp3) is 0.474. The molecule has 0 atom stereocenters. The van der Waals surface area contributed by atoms with Gasteiger partial charge in [0.1, 0.15) is 11.5 Å². The highest BCUT2D eigenvalue weighted by Crippen LogP contribution is 2.34. The molecule has 0 fully saturated rings. The Kier molecular flexibility index (Phi) is 3.52. The van der Waals surface area contributed by atoms with Crippen molar-refractivity contribution in [2.24, 2.45) is 5.41 Å². The van der Waals surface area contributed by atoms with Crippen molar-refractivity contribution in [3.05, 3.63) is 40.4 Å². The first-order valence-corrected chi connectivity index (χ1v) is 8.81. The molecule has 0 unspecified atom stereocenters. The van der Waals surface area contributed by atoms with Gasteiger partial charge in [-0.05, 0) is 31.7 Å². The van der Waals surface area contributed by atoms with Crippen LogP contribution in [0.5, 0.6) is 0 Å². The van der Waals surface area contributed by atoms with E-state index in [1.165, 1.54) is 0 Å². The van der Waals surface area contributed by atoms with Crippen LogP contribution in [-0.2, 0) is 13.0 Å². The number of aryl methyl sites for hydroxylation is 1. The molecule has 6 nitrogen and oxygen atoms in total. The van der Waals surface area contributed by atoms with Crippen molar-refractivity contribution < 1.29 is 0 Å². The van der Waals surface area contributed by atoms with Crippen LogP contribution in [0, 0.1) is 5.41 Å². The molecule has 0 radical (unpaired) electrons. The molecule has 1 aliphatic rings. The largest absolute Gasteiger partial charge is 0.309 e. The zero-order valence-electron chi connectivity index (χ0n) is 15.2. The maximum absolute atomic E-state index is 12.7. The van der Waals surface area contributed by atoms with Gasteiger partial charge in [-0.25, -0.2) is 4.68 Å². The molecule has 0 bridgehead atoms. The number of aromatic nitrogens is 5. The number of fused-ring (bicyclic) bond motifs is 2. The van der Waals surface area contributed by atoms with E-state index in [1.54, 1.807) is 4.68 Å². The minimum Gasteiger partial charge on any atom is -0.309 e. The second-order valence-corrected chi connectivity index (χ2v) is 7.93. The summed E-state index contributed by atoms with van der Waals surface area (Å²) in [6, 6.07) is 7.61. The number of nitrogens with zero attached hydrogens (tertiary/aromatic N) is 5. The van der Waals surface area contributed by atoms with Crippen molar-refractivity contribution in [2.45, 2.75) is 53.1 Å². The van der Waals surface area contributed by atoms with E-state index >= 15 is 0 Å². The fourth-order valence-electron chi connectivity index (χ4n) is 3.54. The fourth-order valence-corrected chi connectivity index (χ4v) is 3.54. The molecule has 0 spiro atoms. The lowest BCUT2D eigenvalue weighted by atomic mass is 9.85. The predicted octanol–water partition coefficient (Wildman–Crippen LogP) is 3.21. The summed E-state index contributed by atoms with van der Waals surface area (Å²) in [5.41, 5.74) is 0.875. The highest BCUT2D eigenvalue weighted by molar-refractivity contribution is 5.92. The van der Waals surface area contributed by atoms with Crippen LogP contribution >= 0.6 is 0 Å². The van der Waals surface area contributed by atoms with Crippen LogP contribution in [0.3, 0.4) is 0 Å². The van der Waals surface area contributed by atoms with E-state index < -0.39 is 0 Å². The van der Waals surface area contributed by atoms with Crippen molar-refractivity contribution in [2.75, 3.05) is 0 Å². The Balaban J connectivity index is 2.02. The topological polar surface area (TPSA) is 65.6 Å². The van der Waals surface area contributed by atoms with Crippen LogP contribution in [0.2, 0.25) is 0 Å². The molecule has 25 heavy (non-hydrogen) atoms. The van der Waals surface area contributed by atoms with E-state index in [2.05, 4.69) is 33.7 Å². The molecule has 4 rings (SSSR count). The summed E-state index contributed by atoms with van der Waals surface area (Å²) in [6.07, 6.45) is 2.02. The third-order valence-electron chi connectivity index (χ3n) is 4.97. The summed E-state index contributed by atoms with van der Waals surface area (Å²) in [4.78, 5) is 12.7. The molecule has 0 saturated carbocycles. The molecule has 0 N–H and O–H groups in total. The Hall–Kier alpha value is -2.50. The van der Waals surface area contributed by atoms with E-state index in [1.807, 2.05) is 38.1 Å². The van der Waals surface area contributed by atoms with Gasteiger partial charge in [0, 0.05) is 18.4 Å². The second-order valence-electron chi connectivity index (χ2n) is 7.93. The Bertz CT molecular complexity index is 1010. The number of benzene rings is 1. The molecule has 1 aliphatic heterocycles. The van der Waals surface area contributed by atoms with Gasteiger partial charge in [-0.1, -0.05) is 32.0 Å². The summed E-state index contributed by atoms with van der Waals surface area (Å²) in [5, 5.41) is 15.0. The smallest absolute Gasteiger partial charge is 0.274 e.